The molecule has 2 fully saturated rings. The van der Waals surface area contributed by atoms with Crippen LogP contribution in [-0.4, -0.2) is 37.9 Å². The van der Waals surface area contributed by atoms with E-state index >= 15 is 0 Å². The van der Waals surface area contributed by atoms with E-state index in [4.69, 9.17) is 0 Å². The second-order valence-corrected chi connectivity index (χ2v) is 7.38. The summed E-state index contributed by atoms with van der Waals surface area (Å²) in [5.74, 6) is 0.188. The third kappa shape index (κ3) is 3.62. The molecule has 150 valence electrons. The molecule has 2 unspecified atom stereocenters. The van der Waals surface area contributed by atoms with Gasteiger partial charge in [-0.3, -0.25) is 5.10 Å². The standard InChI is InChI=1S/C19H18F3N7/c20-11-3-4-13(14(22)5-11)16-6-12(21)8-29(16)19-24-9-23-18(26-19)25-17-7-15(27-28-17)10-1-2-10/h3-5,7,9-10,12,16H,1-2,6,8H2,(H2,23,24,25,26,27,28). The van der Waals surface area contributed by atoms with Crippen molar-refractivity contribution in [1.29, 1.82) is 0 Å². The molecule has 2 atom stereocenters. The number of hydrogen-bond donors (Lipinski definition) is 2. The lowest BCUT2D eigenvalue weighted by Crippen LogP contribution is -2.26. The first-order valence-electron chi connectivity index (χ1n) is 9.44. The van der Waals surface area contributed by atoms with Crippen LogP contribution in [0.4, 0.5) is 30.9 Å². The normalized spacial score (nSPS) is 21.6. The predicted octanol–water partition coefficient (Wildman–Crippen LogP) is 3.78. The Bertz CT molecular complexity index is 1040. The molecule has 0 bridgehead atoms. The first-order valence-corrected chi connectivity index (χ1v) is 9.44. The number of aromatic amines is 1. The minimum atomic E-state index is -1.18. The number of nitrogens with zero attached hydrogens (tertiary/aromatic N) is 5. The largest absolute Gasteiger partial charge is 0.331 e. The lowest BCUT2D eigenvalue weighted by Gasteiger charge is -2.24. The van der Waals surface area contributed by atoms with E-state index in [0.29, 0.717) is 11.7 Å². The molecule has 10 heteroatoms. The summed E-state index contributed by atoms with van der Waals surface area (Å²) in [6.45, 7) is 0.0131. The van der Waals surface area contributed by atoms with Gasteiger partial charge < -0.3 is 10.2 Å². The molecule has 1 aliphatic carbocycles. The first-order chi connectivity index (χ1) is 14.1. The number of hydrogen-bond acceptors (Lipinski definition) is 6. The number of nitrogens with one attached hydrogen (secondary N) is 2. The van der Waals surface area contributed by atoms with Crippen molar-refractivity contribution in [2.24, 2.45) is 0 Å². The van der Waals surface area contributed by atoms with Gasteiger partial charge in [0.2, 0.25) is 11.9 Å². The molecule has 0 radical (unpaired) electrons. The highest BCUT2D eigenvalue weighted by Crippen LogP contribution is 2.40. The summed E-state index contributed by atoms with van der Waals surface area (Å²) in [6.07, 6.45) is 2.51. The van der Waals surface area contributed by atoms with Gasteiger partial charge in [0.1, 0.15) is 24.1 Å². The zero-order valence-corrected chi connectivity index (χ0v) is 15.3. The van der Waals surface area contributed by atoms with E-state index in [1.165, 1.54) is 12.4 Å². The molecule has 7 nitrogen and oxygen atoms in total. The van der Waals surface area contributed by atoms with E-state index in [9.17, 15) is 13.2 Å². The molecule has 1 saturated carbocycles. The minimum absolute atomic E-state index is 0.0131. The van der Waals surface area contributed by atoms with Gasteiger partial charge >= 0.3 is 0 Å². The molecule has 3 heterocycles. The maximum absolute atomic E-state index is 14.3. The molecule has 2 aromatic heterocycles. The van der Waals surface area contributed by atoms with Crippen molar-refractivity contribution in [1.82, 2.24) is 25.1 Å². The Morgan fingerprint density at radius 3 is 2.79 bits per heavy atom. The number of alkyl halides is 1. The number of H-pyrrole nitrogens is 1. The van der Waals surface area contributed by atoms with Crippen molar-refractivity contribution in [2.45, 2.75) is 37.4 Å². The average Bonchev–Trinajstić information content (AvgIpc) is 3.32. The number of halogens is 3. The van der Waals surface area contributed by atoms with Crippen molar-refractivity contribution < 1.29 is 13.2 Å². The zero-order chi connectivity index (χ0) is 20.0. The highest BCUT2D eigenvalue weighted by molar-refractivity contribution is 5.51. The summed E-state index contributed by atoms with van der Waals surface area (Å²) in [5, 5.41) is 10.2. The number of aromatic nitrogens is 5. The monoisotopic (exact) mass is 401 g/mol. The average molecular weight is 401 g/mol. The third-order valence-corrected chi connectivity index (χ3v) is 5.24. The summed E-state index contributed by atoms with van der Waals surface area (Å²) in [4.78, 5) is 14.2. The maximum atomic E-state index is 14.3. The number of benzene rings is 1. The van der Waals surface area contributed by atoms with Crippen molar-refractivity contribution >= 4 is 17.7 Å². The van der Waals surface area contributed by atoms with Gasteiger partial charge in [-0.2, -0.15) is 10.1 Å². The predicted molar refractivity (Wildman–Crippen MR) is 99.6 cm³/mol. The molecule has 2 N–H and O–H groups in total. The summed E-state index contributed by atoms with van der Waals surface area (Å²) in [6, 6.07) is 4.58. The quantitative estimate of drug-likeness (QED) is 0.677. The van der Waals surface area contributed by atoms with Crippen LogP contribution in [0.1, 0.15) is 42.5 Å². The van der Waals surface area contributed by atoms with Crippen LogP contribution < -0.4 is 10.2 Å². The van der Waals surface area contributed by atoms with Crippen LogP contribution in [0.15, 0.2) is 30.6 Å². The van der Waals surface area contributed by atoms with E-state index in [0.717, 1.165) is 30.7 Å². The molecule has 5 rings (SSSR count). The van der Waals surface area contributed by atoms with E-state index in [-0.39, 0.29) is 30.4 Å². The van der Waals surface area contributed by atoms with Gasteiger partial charge in [0.25, 0.3) is 0 Å². The van der Waals surface area contributed by atoms with Crippen molar-refractivity contribution in [3.63, 3.8) is 0 Å². The summed E-state index contributed by atoms with van der Waals surface area (Å²) in [5.41, 5.74) is 1.27. The molecular weight excluding hydrogens is 383 g/mol. The van der Waals surface area contributed by atoms with Crippen LogP contribution in [-0.2, 0) is 0 Å². The Morgan fingerprint density at radius 2 is 2.00 bits per heavy atom. The van der Waals surface area contributed by atoms with Gasteiger partial charge in [-0.05, 0) is 18.9 Å². The molecule has 1 aliphatic heterocycles. The highest BCUT2D eigenvalue weighted by atomic mass is 19.1. The van der Waals surface area contributed by atoms with Crippen LogP contribution in [0, 0.1) is 11.6 Å². The Kier molecular flexibility index (Phi) is 4.33. The van der Waals surface area contributed by atoms with Crippen LogP contribution in [0.25, 0.3) is 0 Å². The summed E-state index contributed by atoms with van der Waals surface area (Å²) in [7, 11) is 0. The third-order valence-electron chi connectivity index (χ3n) is 5.24. The fourth-order valence-electron chi connectivity index (χ4n) is 3.68. The summed E-state index contributed by atoms with van der Waals surface area (Å²) < 4.78 is 41.8. The van der Waals surface area contributed by atoms with Gasteiger partial charge in [-0.25, -0.2) is 23.1 Å². The van der Waals surface area contributed by atoms with Crippen LogP contribution in [0.3, 0.4) is 0 Å². The lowest BCUT2D eigenvalue weighted by atomic mass is 10.0. The second-order valence-electron chi connectivity index (χ2n) is 7.38. The van der Waals surface area contributed by atoms with Crippen molar-refractivity contribution in [2.75, 3.05) is 16.8 Å². The van der Waals surface area contributed by atoms with E-state index in [1.807, 2.05) is 6.07 Å². The van der Waals surface area contributed by atoms with E-state index < -0.39 is 23.8 Å². The Morgan fingerprint density at radius 1 is 1.14 bits per heavy atom. The van der Waals surface area contributed by atoms with Gasteiger partial charge in [0.05, 0.1) is 12.6 Å². The molecule has 0 spiro atoms. The topological polar surface area (TPSA) is 82.6 Å². The van der Waals surface area contributed by atoms with Crippen LogP contribution in [0.5, 0.6) is 0 Å². The number of rotatable bonds is 5. The fourth-order valence-corrected chi connectivity index (χ4v) is 3.68. The maximum Gasteiger partial charge on any atom is 0.233 e. The Labute approximate surface area is 164 Å². The Balaban J connectivity index is 1.40. The lowest BCUT2D eigenvalue weighted by molar-refractivity contribution is 0.356. The molecule has 3 aromatic rings. The van der Waals surface area contributed by atoms with Crippen LogP contribution >= 0.6 is 0 Å². The minimum Gasteiger partial charge on any atom is -0.331 e. The SMILES string of the molecule is Fc1ccc(C2CC(F)CN2c2ncnc(Nc3cc(C4CC4)[nH]n3)n2)c(F)c1. The van der Waals surface area contributed by atoms with Crippen molar-refractivity contribution in [3.8, 4) is 0 Å². The number of anilines is 3. The highest BCUT2D eigenvalue weighted by Gasteiger charge is 2.36. The van der Waals surface area contributed by atoms with Crippen LogP contribution in [0.2, 0.25) is 0 Å². The second kappa shape index (κ2) is 7.02. The van der Waals surface area contributed by atoms with Gasteiger partial charge in [-0.1, -0.05) is 6.07 Å². The Hall–Kier alpha value is -3.17. The molecule has 29 heavy (non-hydrogen) atoms. The van der Waals surface area contributed by atoms with E-state index in [1.54, 1.807) is 4.90 Å². The van der Waals surface area contributed by atoms with E-state index in [2.05, 4.69) is 30.5 Å². The first kappa shape index (κ1) is 17.9. The van der Waals surface area contributed by atoms with Crippen molar-refractivity contribution in [3.05, 3.63) is 53.5 Å². The molecular formula is C19H18F3N7. The smallest absolute Gasteiger partial charge is 0.233 e. The molecule has 1 saturated heterocycles. The van der Waals surface area contributed by atoms with Gasteiger partial charge in [-0.15, -0.1) is 0 Å². The van der Waals surface area contributed by atoms with Gasteiger partial charge in [0.15, 0.2) is 5.82 Å². The summed E-state index contributed by atoms with van der Waals surface area (Å²) >= 11 is 0. The molecule has 1 aromatic carbocycles. The van der Waals surface area contributed by atoms with Gasteiger partial charge in [0, 0.05) is 35.7 Å². The fraction of sp³-hybridized carbons (Fsp3) is 0.368. The zero-order valence-electron chi connectivity index (χ0n) is 15.3. The molecule has 0 amide bonds. The molecule has 2 aliphatic rings.